The van der Waals surface area contributed by atoms with E-state index in [1.54, 1.807) is 13.1 Å². The fraction of sp³-hybridized carbons (Fsp3) is 0.600. The monoisotopic (exact) mass is 277 g/mol. The van der Waals surface area contributed by atoms with Crippen molar-refractivity contribution in [3.63, 3.8) is 0 Å². The molecule has 2 rings (SSSR count). The molecular formula is C15H23N3O2. The Morgan fingerprint density at radius 1 is 1.40 bits per heavy atom. The lowest BCUT2D eigenvalue weighted by Gasteiger charge is -2.20. The molecule has 1 aromatic heterocycles. The van der Waals surface area contributed by atoms with Crippen molar-refractivity contribution in [2.45, 2.75) is 38.6 Å². The van der Waals surface area contributed by atoms with Gasteiger partial charge in [0, 0.05) is 30.3 Å². The third-order valence-corrected chi connectivity index (χ3v) is 3.38. The second-order valence-electron chi connectivity index (χ2n) is 6.16. The first-order valence-electron chi connectivity index (χ1n) is 6.99. The number of carbonyl (C=O) groups is 1. The molecule has 0 aromatic carbocycles. The molecule has 1 atom stereocenters. The molecule has 0 radical (unpaired) electrons. The fourth-order valence-electron chi connectivity index (χ4n) is 2.09. The van der Waals surface area contributed by atoms with Gasteiger partial charge in [0.1, 0.15) is 5.82 Å². The van der Waals surface area contributed by atoms with E-state index < -0.39 is 0 Å². The Balaban J connectivity index is 2.23. The summed E-state index contributed by atoms with van der Waals surface area (Å²) in [5.74, 6) is 0.648. The van der Waals surface area contributed by atoms with Crippen LogP contribution in [0.5, 0.6) is 0 Å². The van der Waals surface area contributed by atoms with Gasteiger partial charge in [0.15, 0.2) is 0 Å². The molecule has 1 aliphatic rings. The number of pyridine rings is 1. The van der Waals surface area contributed by atoms with Gasteiger partial charge < -0.3 is 15.4 Å². The van der Waals surface area contributed by atoms with Crippen molar-refractivity contribution in [3.05, 3.63) is 23.4 Å². The quantitative estimate of drug-likeness (QED) is 0.886. The maximum absolute atomic E-state index is 12.3. The Labute approximate surface area is 120 Å². The topological polar surface area (TPSA) is 63.2 Å². The lowest BCUT2D eigenvalue weighted by atomic mass is 9.90. The van der Waals surface area contributed by atoms with Crippen LogP contribution in [0.3, 0.4) is 0 Å². The van der Waals surface area contributed by atoms with Crippen LogP contribution < -0.4 is 10.6 Å². The van der Waals surface area contributed by atoms with Crippen molar-refractivity contribution in [3.8, 4) is 0 Å². The summed E-state index contributed by atoms with van der Waals surface area (Å²) in [6.45, 7) is 7.57. The third kappa shape index (κ3) is 3.48. The highest BCUT2D eigenvalue weighted by molar-refractivity contribution is 5.95. The van der Waals surface area contributed by atoms with Crippen LogP contribution in [-0.2, 0) is 10.2 Å². The number of rotatable bonds is 3. The average molecular weight is 277 g/mol. The zero-order chi connectivity index (χ0) is 14.8. The molecule has 0 bridgehead atoms. The predicted molar refractivity (Wildman–Crippen MR) is 79.2 cm³/mol. The van der Waals surface area contributed by atoms with Crippen molar-refractivity contribution in [1.29, 1.82) is 0 Å². The molecule has 1 aliphatic heterocycles. The van der Waals surface area contributed by atoms with Crippen LogP contribution in [0.15, 0.2) is 12.1 Å². The van der Waals surface area contributed by atoms with E-state index in [4.69, 9.17) is 4.74 Å². The van der Waals surface area contributed by atoms with Gasteiger partial charge in [-0.15, -0.1) is 0 Å². The standard InChI is InChI=1S/C15H23N3O2/c1-15(2,3)12-7-10(8-13(16-4)18-12)14(19)17-11-5-6-20-9-11/h7-8,11H,5-6,9H2,1-4H3,(H,16,18)(H,17,19). The molecule has 1 unspecified atom stereocenters. The van der Waals surface area contributed by atoms with Crippen LogP contribution in [0.4, 0.5) is 5.82 Å². The summed E-state index contributed by atoms with van der Waals surface area (Å²) in [5.41, 5.74) is 1.44. The van der Waals surface area contributed by atoms with E-state index in [1.165, 1.54) is 0 Å². The SMILES string of the molecule is CNc1cc(C(=O)NC2CCOC2)cc(C(C)(C)C)n1. The largest absolute Gasteiger partial charge is 0.379 e. The molecule has 110 valence electrons. The van der Waals surface area contributed by atoms with Crippen LogP contribution in [-0.4, -0.2) is 37.2 Å². The van der Waals surface area contributed by atoms with Crippen LogP contribution in [0, 0.1) is 0 Å². The summed E-state index contributed by atoms with van der Waals surface area (Å²) < 4.78 is 5.28. The average Bonchev–Trinajstić information content (AvgIpc) is 2.90. The minimum absolute atomic E-state index is 0.0649. The summed E-state index contributed by atoms with van der Waals surface area (Å²) in [6.07, 6.45) is 0.877. The molecule has 1 saturated heterocycles. The molecule has 2 heterocycles. The summed E-state index contributed by atoms with van der Waals surface area (Å²) in [4.78, 5) is 16.8. The number of aromatic nitrogens is 1. The van der Waals surface area contributed by atoms with E-state index in [9.17, 15) is 4.79 Å². The minimum atomic E-state index is -0.0988. The Kier molecular flexibility index (Phi) is 4.28. The number of hydrogen-bond donors (Lipinski definition) is 2. The van der Waals surface area contributed by atoms with Gasteiger partial charge in [-0.1, -0.05) is 20.8 Å². The molecule has 5 heteroatoms. The second kappa shape index (κ2) is 5.79. The zero-order valence-electron chi connectivity index (χ0n) is 12.6. The van der Waals surface area contributed by atoms with E-state index >= 15 is 0 Å². The highest BCUT2D eigenvalue weighted by Gasteiger charge is 2.22. The molecule has 0 saturated carbocycles. The molecule has 0 spiro atoms. The number of amides is 1. The number of anilines is 1. The molecule has 5 nitrogen and oxygen atoms in total. The normalized spacial score (nSPS) is 18.9. The number of nitrogens with one attached hydrogen (secondary N) is 2. The maximum atomic E-state index is 12.3. The summed E-state index contributed by atoms with van der Waals surface area (Å²) in [5, 5.41) is 6.02. The Morgan fingerprint density at radius 3 is 2.70 bits per heavy atom. The Morgan fingerprint density at radius 2 is 2.15 bits per heavy atom. The van der Waals surface area contributed by atoms with E-state index in [-0.39, 0.29) is 17.4 Å². The highest BCUT2D eigenvalue weighted by atomic mass is 16.5. The Hall–Kier alpha value is -1.62. The molecule has 1 fully saturated rings. The smallest absolute Gasteiger partial charge is 0.251 e. The summed E-state index contributed by atoms with van der Waals surface area (Å²) >= 11 is 0. The van der Waals surface area contributed by atoms with E-state index in [1.807, 2.05) is 6.07 Å². The van der Waals surface area contributed by atoms with Crippen LogP contribution in [0.2, 0.25) is 0 Å². The van der Waals surface area contributed by atoms with Crippen LogP contribution >= 0.6 is 0 Å². The van der Waals surface area contributed by atoms with Crippen molar-refractivity contribution in [2.75, 3.05) is 25.6 Å². The van der Waals surface area contributed by atoms with E-state index in [0.29, 0.717) is 18.0 Å². The predicted octanol–water partition coefficient (Wildman–Crippen LogP) is 1.94. The summed E-state index contributed by atoms with van der Waals surface area (Å²) in [6, 6.07) is 3.76. The molecular weight excluding hydrogens is 254 g/mol. The van der Waals surface area contributed by atoms with E-state index in [0.717, 1.165) is 18.7 Å². The third-order valence-electron chi connectivity index (χ3n) is 3.38. The lowest BCUT2D eigenvalue weighted by Crippen LogP contribution is -2.35. The lowest BCUT2D eigenvalue weighted by molar-refractivity contribution is 0.0929. The van der Waals surface area contributed by atoms with Crippen molar-refractivity contribution in [1.82, 2.24) is 10.3 Å². The number of hydrogen-bond acceptors (Lipinski definition) is 4. The van der Waals surface area contributed by atoms with Crippen molar-refractivity contribution >= 4 is 11.7 Å². The second-order valence-corrected chi connectivity index (χ2v) is 6.16. The number of carbonyl (C=O) groups excluding carboxylic acids is 1. The highest BCUT2D eigenvalue weighted by Crippen LogP contribution is 2.23. The van der Waals surface area contributed by atoms with Gasteiger partial charge in [-0.2, -0.15) is 0 Å². The molecule has 2 N–H and O–H groups in total. The maximum Gasteiger partial charge on any atom is 0.251 e. The molecule has 20 heavy (non-hydrogen) atoms. The Bertz CT molecular complexity index is 488. The van der Waals surface area contributed by atoms with Gasteiger partial charge in [-0.3, -0.25) is 4.79 Å². The number of ether oxygens (including phenoxy) is 1. The zero-order valence-corrected chi connectivity index (χ0v) is 12.6. The minimum Gasteiger partial charge on any atom is -0.379 e. The van der Waals surface area contributed by atoms with Gasteiger partial charge in [0.05, 0.1) is 12.6 Å². The first-order chi connectivity index (χ1) is 9.40. The summed E-state index contributed by atoms with van der Waals surface area (Å²) in [7, 11) is 1.81. The molecule has 1 amide bonds. The van der Waals surface area contributed by atoms with Crippen LogP contribution in [0.1, 0.15) is 43.2 Å². The number of nitrogens with zero attached hydrogens (tertiary/aromatic N) is 1. The first-order valence-corrected chi connectivity index (χ1v) is 6.99. The van der Waals surface area contributed by atoms with Gasteiger partial charge in [-0.25, -0.2) is 4.98 Å². The van der Waals surface area contributed by atoms with Gasteiger partial charge in [0.25, 0.3) is 5.91 Å². The first kappa shape index (κ1) is 14.8. The van der Waals surface area contributed by atoms with Crippen molar-refractivity contribution < 1.29 is 9.53 Å². The van der Waals surface area contributed by atoms with Gasteiger partial charge >= 0.3 is 0 Å². The molecule has 1 aromatic rings. The fourth-order valence-corrected chi connectivity index (χ4v) is 2.09. The molecule has 0 aliphatic carbocycles. The van der Waals surface area contributed by atoms with Crippen LogP contribution in [0.25, 0.3) is 0 Å². The van der Waals surface area contributed by atoms with Gasteiger partial charge in [0.2, 0.25) is 0 Å². The van der Waals surface area contributed by atoms with Crippen molar-refractivity contribution in [2.24, 2.45) is 0 Å². The van der Waals surface area contributed by atoms with E-state index in [2.05, 4.69) is 36.4 Å². The van der Waals surface area contributed by atoms with Gasteiger partial charge in [-0.05, 0) is 18.6 Å².